The molecule has 4 rings (SSSR count). The molecule has 0 radical (unpaired) electrons. The van der Waals surface area contributed by atoms with Gasteiger partial charge in [-0.3, -0.25) is 14.6 Å². The summed E-state index contributed by atoms with van der Waals surface area (Å²) < 4.78 is 27.1. The zero-order valence-corrected chi connectivity index (χ0v) is 19.5. The number of carbonyl (C=O) groups excluding carboxylic acids is 2. The molecule has 2 heterocycles. The maximum atomic E-state index is 12.9. The molecular weight excluding hydrogens is 466 g/mol. The summed E-state index contributed by atoms with van der Waals surface area (Å²) in [6, 6.07) is 17.7. The Hall–Kier alpha value is -4.07. The number of anilines is 2. The van der Waals surface area contributed by atoms with Crippen LogP contribution < -0.4 is 10.6 Å². The van der Waals surface area contributed by atoms with Crippen LogP contribution in [0.2, 0.25) is 0 Å². The van der Waals surface area contributed by atoms with Crippen molar-refractivity contribution in [3.05, 3.63) is 84.2 Å². The molecule has 0 atom stereocenters. The third-order valence-corrected chi connectivity index (χ3v) is 7.69. The summed E-state index contributed by atoms with van der Waals surface area (Å²) in [7, 11) is -3.69. The number of pyridine rings is 1. The second-order valence-electron chi connectivity index (χ2n) is 8.07. The lowest BCUT2D eigenvalue weighted by Crippen LogP contribution is -2.41. The molecule has 178 valence electrons. The first-order chi connectivity index (χ1) is 16.9. The zero-order valence-electron chi connectivity index (χ0n) is 18.7. The molecule has 0 saturated carbocycles. The monoisotopic (exact) mass is 489 g/mol. The maximum Gasteiger partial charge on any atom is 0.255 e. The third kappa shape index (κ3) is 5.71. The van der Waals surface area contributed by atoms with Gasteiger partial charge in [-0.15, -0.1) is 0 Å². The number of rotatable bonds is 6. The predicted octanol–water partition coefficient (Wildman–Crippen LogP) is 3.24. The first-order valence-corrected chi connectivity index (χ1v) is 12.4. The van der Waals surface area contributed by atoms with Crippen molar-refractivity contribution in [1.29, 1.82) is 5.26 Å². The fraction of sp³-hybridized carbons (Fsp3) is 0.200. The SMILES string of the molecule is N#Cc1ccc(S(=O)(=O)N2CCC(C(=O)Nc3cccc(C(=O)Nc4ccncc4)c3)CC2)cc1. The average Bonchev–Trinajstić information content (AvgIpc) is 2.89. The summed E-state index contributed by atoms with van der Waals surface area (Å²) >= 11 is 0. The molecular formula is C25H23N5O4S. The van der Waals surface area contributed by atoms with Crippen molar-refractivity contribution in [3.63, 3.8) is 0 Å². The van der Waals surface area contributed by atoms with E-state index in [1.165, 1.54) is 28.6 Å². The molecule has 9 nitrogen and oxygen atoms in total. The van der Waals surface area contributed by atoms with E-state index in [9.17, 15) is 18.0 Å². The average molecular weight is 490 g/mol. The number of aromatic nitrogens is 1. The van der Waals surface area contributed by atoms with Gasteiger partial charge >= 0.3 is 0 Å². The number of hydrogen-bond donors (Lipinski definition) is 2. The Morgan fingerprint density at radius 3 is 2.29 bits per heavy atom. The highest BCUT2D eigenvalue weighted by Gasteiger charge is 2.32. The van der Waals surface area contributed by atoms with Gasteiger partial charge in [0.15, 0.2) is 0 Å². The topological polar surface area (TPSA) is 132 Å². The lowest BCUT2D eigenvalue weighted by molar-refractivity contribution is -0.120. The van der Waals surface area contributed by atoms with Gasteiger partial charge in [0.2, 0.25) is 15.9 Å². The van der Waals surface area contributed by atoms with Gasteiger partial charge in [-0.05, 0) is 67.4 Å². The van der Waals surface area contributed by atoms with Gasteiger partial charge in [0.1, 0.15) is 0 Å². The molecule has 0 unspecified atom stereocenters. The minimum Gasteiger partial charge on any atom is -0.326 e. The molecule has 0 spiro atoms. The second kappa shape index (κ2) is 10.5. The van der Waals surface area contributed by atoms with Crippen molar-refractivity contribution in [2.24, 2.45) is 5.92 Å². The van der Waals surface area contributed by atoms with Crippen LogP contribution in [0.5, 0.6) is 0 Å². The number of nitrogens with zero attached hydrogens (tertiary/aromatic N) is 3. The Balaban J connectivity index is 1.35. The van der Waals surface area contributed by atoms with Crippen molar-refractivity contribution in [2.75, 3.05) is 23.7 Å². The first-order valence-electron chi connectivity index (χ1n) is 11.0. The summed E-state index contributed by atoms with van der Waals surface area (Å²) in [5, 5.41) is 14.5. The minimum absolute atomic E-state index is 0.126. The standard InChI is InChI=1S/C25H23N5O4S/c26-17-18-4-6-23(7-5-18)35(33,34)30-14-10-19(11-15-30)24(31)29-22-3-1-2-20(16-22)25(32)28-21-8-12-27-13-9-21/h1-9,12-13,16,19H,10-11,14-15H2,(H,29,31)(H,27,28,32). The number of nitriles is 1. The highest BCUT2D eigenvalue weighted by molar-refractivity contribution is 7.89. The number of nitrogens with one attached hydrogen (secondary N) is 2. The summed E-state index contributed by atoms with van der Waals surface area (Å²) in [4.78, 5) is 29.4. The summed E-state index contributed by atoms with van der Waals surface area (Å²) in [6.07, 6.45) is 3.91. The number of sulfonamides is 1. The van der Waals surface area contributed by atoms with Crippen LogP contribution in [-0.4, -0.2) is 42.6 Å². The van der Waals surface area contributed by atoms with Crippen LogP contribution in [0.1, 0.15) is 28.8 Å². The Morgan fingerprint density at radius 1 is 0.943 bits per heavy atom. The van der Waals surface area contributed by atoms with Crippen molar-refractivity contribution >= 4 is 33.2 Å². The molecule has 1 saturated heterocycles. The number of carbonyl (C=O) groups is 2. The van der Waals surface area contributed by atoms with Crippen molar-refractivity contribution in [3.8, 4) is 6.07 Å². The van der Waals surface area contributed by atoms with E-state index in [0.29, 0.717) is 35.3 Å². The molecule has 2 aromatic carbocycles. The molecule has 1 aliphatic rings. The number of benzene rings is 2. The van der Waals surface area contributed by atoms with Gasteiger partial charge < -0.3 is 10.6 Å². The predicted molar refractivity (Wildman–Crippen MR) is 130 cm³/mol. The Kier molecular flexibility index (Phi) is 7.19. The molecule has 0 bridgehead atoms. The third-order valence-electron chi connectivity index (χ3n) is 5.78. The Bertz CT molecular complexity index is 1360. The van der Waals surface area contributed by atoms with Crippen molar-refractivity contribution in [2.45, 2.75) is 17.7 Å². The van der Waals surface area contributed by atoms with Crippen LogP contribution in [0, 0.1) is 17.2 Å². The van der Waals surface area contributed by atoms with E-state index < -0.39 is 10.0 Å². The van der Waals surface area contributed by atoms with Crippen LogP contribution >= 0.6 is 0 Å². The molecule has 1 aromatic heterocycles. The van der Waals surface area contributed by atoms with E-state index in [1.807, 2.05) is 6.07 Å². The number of hydrogen-bond acceptors (Lipinski definition) is 6. The van der Waals surface area contributed by atoms with E-state index in [1.54, 1.807) is 48.8 Å². The second-order valence-corrected chi connectivity index (χ2v) is 10.0. The quantitative estimate of drug-likeness (QED) is 0.546. The molecule has 0 aliphatic carbocycles. The van der Waals surface area contributed by atoms with E-state index in [2.05, 4.69) is 15.6 Å². The highest BCUT2D eigenvalue weighted by atomic mass is 32.2. The van der Waals surface area contributed by atoms with Gasteiger partial charge in [0.25, 0.3) is 5.91 Å². The van der Waals surface area contributed by atoms with Crippen LogP contribution in [0.15, 0.2) is 78.0 Å². The molecule has 2 amide bonds. The summed E-state index contributed by atoms with van der Waals surface area (Å²) in [6.45, 7) is 0.434. The summed E-state index contributed by atoms with van der Waals surface area (Å²) in [5.41, 5.74) is 1.88. The van der Waals surface area contributed by atoms with Crippen LogP contribution in [-0.2, 0) is 14.8 Å². The van der Waals surface area contributed by atoms with Gasteiger partial charge in [-0.1, -0.05) is 6.07 Å². The van der Waals surface area contributed by atoms with E-state index in [-0.39, 0.29) is 35.7 Å². The molecule has 1 aliphatic heterocycles. The molecule has 3 aromatic rings. The van der Waals surface area contributed by atoms with Crippen LogP contribution in [0.25, 0.3) is 0 Å². The molecule has 1 fully saturated rings. The fourth-order valence-electron chi connectivity index (χ4n) is 3.83. The lowest BCUT2D eigenvalue weighted by Gasteiger charge is -2.30. The largest absolute Gasteiger partial charge is 0.326 e. The zero-order chi connectivity index (χ0) is 24.8. The normalized spacial score (nSPS) is 14.6. The lowest BCUT2D eigenvalue weighted by atomic mass is 9.97. The summed E-state index contributed by atoms with van der Waals surface area (Å²) in [5.74, 6) is -0.877. The van der Waals surface area contributed by atoms with Crippen LogP contribution in [0.3, 0.4) is 0 Å². The van der Waals surface area contributed by atoms with E-state index in [4.69, 9.17) is 5.26 Å². The number of amides is 2. The Morgan fingerprint density at radius 2 is 1.63 bits per heavy atom. The van der Waals surface area contributed by atoms with Gasteiger partial charge in [0.05, 0.1) is 16.5 Å². The smallest absolute Gasteiger partial charge is 0.255 e. The van der Waals surface area contributed by atoms with Crippen molar-refractivity contribution in [1.82, 2.24) is 9.29 Å². The minimum atomic E-state index is -3.69. The van der Waals surface area contributed by atoms with Crippen LogP contribution in [0.4, 0.5) is 11.4 Å². The molecule has 2 N–H and O–H groups in total. The van der Waals surface area contributed by atoms with Crippen molar-refractivity contribution < 1.29 is 18.0 Å². The van der Waals surface area contributed by atoms with E-state index >= 15 is 0 Å². The van der Waals surface area contributed by atoms with Gasteiger partial charge in [-0.25, -0.2) is 8.42 Å². The Labute approximate surface area is 203 Å². The molecule has 35 heavy (non-hydrogen) atoms. The van der Waals surface area contributed by atoms with Gasteiger partial charge in [-0.2, -0.15) is 9.57 Å². The van der Waals surface area contributed by atoms with Gasteiger partial charge in [0, 0.05) is 48.3 Å². The molecule has 10 heteroatoms. The van der Waals surface area contributed by atoms with E-state index in [0.717, 1.165) is 0 Å². The first kappa shape index (κ1) is 24.1. The fourth-order valence-corrected chi connectivity index (χ4v) is 5.30. The highest BCUT2D eigenvalue weighted by Crippen LogP contribution is 2.25. The maximum absolute atomic E-state index is 12.9. The number of piperidine rings is 1.